The van der Waals surface area contributed by atoms with E-state index in [4.69, 9.17) is 21.6 Å². The fraction of sp³-hybridized carbons (Fsp3) is 0.143. The molecule has 0 aromatic heterocycles. The van der Waals surface area contributed by atoms with Gasteiger partial charge in [0.1, 0.15) is 5.82 Å². The van der Waals surface area contributed by atoms with Crippen molar-refractivity contribution in [3.8, 4) is 0 Å². The van der Waals surface area contributed by atoms with Gasteiger partial charge in [-0.15, -0.1) is 0 Å². The summed E-state index contributed by atoms with van der Waals surface area (Å²) in [6.45, 7) is 1.66. The van der Waals surface area contributed by atoms with Crippen LogP contribution in [0.4, 0.5) is 4.39 Å². The fourth-order valence-corrected chi connectivity index (χ4v) is 1.03. The Morgan fingerprint density at radius 2 is 2.00 bits per heavy atom. The number of hydrogen-bond donors (Lipinski definition) is 2. The third-order valence-corrected chi connectivity index (χ3v) is 1.96. The predicted octanol–water partition coefficient (Wildman–Crippen LogP) is 0.467. The molecule has 0 aliphatic carbocycles. The van der Waals surface area contributed by atoms with E-state index in [1.165, 1.54) is 6.07 Å². The van der Waals surface area contributed by atoms with E-state index in [9.17, 15) is 4.39 Å². The maximum atomic E-state index is 12.9. The molecule has 0 aliphatic heterocycles. The zero-order valence-electron chi connectivity index (χ0n) is 6.38. The Labute approximate surface area is 74.7 Å². The summed E-state index contributed by atoms with van der Waals surface area (Å²) in [6, 6.07) is 2.37. The number of halogens is 2. The Hall–Kier alpha value is -0.575. The third kappa shape index (κ3) is 1.77. The summed E-state index contributed by atoms with van der Waals surface area (Å²) in [5.41, 5.74) is 0.457. The molecule has 0 spiro atoms. The van der Waals surface area contributed by atoms with Crippen molar-refractivity contribution in [1.29, 1.82) is 0 Å². The van der Waals surface area contributed by atoms with Gasteiger partial charge >= 0.3 is 7.12 Å². The van der Waals surface area contributed by atoms with E-state index in [1.807, 2.05) is 0 Å². The molecule has 0 heterocycles. The molecule has 0 saturated heterocycles. The highest BCUT2D eigenvalue weighted by atomic mass is 35.5. The maximum Gasteiger partial charge on any atom is 0.491 e. The monoisotopic (exact) mass is 188 g/mol. The molecular formula is C7H7BClFO2. The topological polar surface area (TPSA) is 40.5 Å². The predicted molar refractivity (Wildman–Crippen MR) is 46.0 cm³/mol. The lowest BCUT2D eigenvalue weighted by Gasteiger charge is -2.04. The minimum atomic E-state index is -1.79. The second-order valence-electron chi connectivity index (χ2n) is 2.50. The van der Waals surface area contributed by atoms with Crippen molar-refractivity contribution in [2.24, 2.45) is 0 Å². The molecule has 0 radical (unpaired) electrons. The van der Waals surface area contributed by atoms with Gasteiger partial charge in [0.05, 0.1) is 0 Å². The van der Waals surface area contributed by atoms with Crippen molar-refractivity contribution in [3.63, 3.8) is 0 Å². The molecule has 0 atom stereocenters. The van der Waals surface area contributed by atoms with Crippen molar-refractivity contribution < 1.29 is 14.4 Å². The number of benzene rings is 1. The van der Waals surface area contributed by atoms with Crippen LogP contribution in [-0.2, 0) is 0 Å². The summed E-state index contributed by atoms with van der Waals surface area (Å²) >= 11 is 5.59. The smallest absolute Gasteiger partial charge is 0.423 e. The van der Waals surface area contributed by atoms with Crippen LogP contribution in [0.15, 0.2) is 12.1 Å². The molecule has 1 aromatic rings. The van der Waals surface area contributed by atoms with Crippen LogP contribution in [0.5, 0.6) is 0 Å². The Morgan fingerprint density at radius 1 is 1.42 bits per heavy atom. The first-order valence-corrected chi connectivity index (χ1v) is 3.72. The molecule has 2 N–H and O–H groups in total. The molecule has 12 heavy (non-hydrogen) atoms. The fourth-order valence-electron chi connectivity index (χ4n) is 0.877. The normalized spacial score (nSPS) is 10.1. The van der Waals surface area contributed by atoms with E-state index in [1.54, 1.807) is 6.92 Å². The minimum Gasteiger partial charge on any atom is -0.423 e. The maximum absolute atomic E-state index is 12.9. The Bertz CT molecular complexity index is 304. The van der Waals surface area contributed by atoms with Gasteiger partial charge in [0.2, 0.25) is 0 Å². The van der Waals surface area contributed by atoms with Crippen LogP contribution in [0, 0.1) is 12.7 Å². The van der Waals surface area contributed by atoms with E-state index >= 15 is 0 Å². The molecule has 0 aliphatic rings. The average Bonchev–Trinajstić information content (AvgIpc) is 1.96. The Balaban J connectivity index is 3.23. The van der Waals surface area contributed by atoms with Gasteiger partial charge < -0.3 is 10.0 Å². The summed E-state index contributed by atoms with van der Waals surface area (Å²) in [5.74, 6) is -0.708. The van der Waals surface area contributed by atoms with Crippen LogP contribution in [-0.4, -0.2) is 17.2 Å². The van der Waals surface area contributed by atoms with Crippen molar-refractivity contribution in [3.05, 3.63) is 28.5 Å². The van der Waals surface area contributed by atoms with Gasteiger partial charge in [-0.3, -0.25) is 0 Å². The van der Waals surface area contributed by atoms with Crippen molar-refractivity contribution in [2.45, 2.75) is 6.92 Å². The molecule has 0 bridgehead atoms. The lowest BCUT2D eigenvalue weighted by atomic mass is 9.79. The number of rotatable bonds is 1. The summed E-state index contributed by atoms with van der Waals surface area (Å²) in [5, 5.41) is 17.7. The van der Waals surface area contributed by atoms with Crippen molar-refractivity contribution >= 4 is 24.2 Å². The molecule has 5 heteroatoms. The van der Waals surface area contributed by atoms with Crippen LogP contribution in [0.1, 0.15) is 5.56 Å². The van der Waals surface area contributed by atoms with Crippen LogP contribution in [0.25, 0.3) is 0 Å². The zero-order chi connectivity index (χ0) is 9.30. The van der Waals surface area contributed by atoms with E-state index in [0.29, 0.717) is 5.56 Å². The molecule has 1 aromatic carbocycles. The second-order valence-corrected chi connectivity index (χ2v) is 2.90. The SMILES string of the molecule is Cc1cc(B(O)O)c(F)cc1Cl. The van der Waals surface area contributed by atoms with Crippen LogP contribution >= 0.6 is 11.6 Å². The average molecular weight is 188 g/mol. The van der Waals surface area contributed by atoms with Gasteiger partial charge in [-0.05, 0) is 18.6 Å². The lowest BCUT2D eigenvalue weighted by molar-refractivity contribution is 0.423. The molecule has 64 valence electrons. The second kappa shape index (κ2) is 3.43. The number of aryl methyl sites for hydroxylation is 1. The molecular weight excluding hydrogens is 181 g/mol. The molecule has 0 amide bonds. The van der Waals surface area contributed by atoms with Crippen LogP contribution in [0.2, 0.25) is 5.02 Å². The summed E-state index contributed by atoms with van der Waals surface area (Å²) < 4.78 is 12.9. The molecule has 0 unspecified atom stereocenters. The van der Waals surface area contributed by atoms with Gasteiger partial charge in [0, 0.05) is 10.5 Å². The van der Waals surface area contributed by atoms with Gasteiger partial charge in [-0.2, -0.15) is 0 Å². The largest absolute Gasteiger partial charge is 0.491 e. The first-order chi connectivity index (χ1) is 5.52. The van der Waals surface area contributed by atoms with Gasteiger partial charge in [0.25, 0.3) is 0 Å². The highest BCUT2D eigenvalue weighted by molar-refractivity contribution is 6.58. The Morgan fingerprint density at radius 3 is 2.50 bits per heavy atom. The third-order valence-electron chi connectivity index (χ3n) is 1.56. The first kappa shape index (κ1) is 9.51. The molecule has 2 nitrogen and oxygen atoms in total. The summed E-state index contributed by atoms with van der Waals surface area (Å²) in [4.78, 5) is 0. The van der Waals surface area contributed by atoms with Crippen LogP contribution < -0.4 is 5.46 Å². The van der Waals surface area contributed by atoms with Gasteiger partial charge in [0.15, 0.2) is 0 Å². The van der Waals surface area contributed by atoms with E-state index in [-0.39, 0.29) is 10.5 Å². The number of hydrogen-bond acceptors (Lipinski definition) is 2. The first-order valence-electron chi connectivity index (χ1n) is 3.34. The van der Waals surface area contributed by atoms with Crippen molar-refractivity contribution in [2.75, 3.05) is 0 Å². The Kier molecular flexibility index (Phi) is 2.72. The summed E-state index contributed by atoms with van der Waals surface area (Å²) in [6.07, 6.45) is 0. The highest BCUT2D eigenvalue weighted by Gasteiger charge is 2.17. The minimum absolute atomic E-state index is 0.156. The molecule has 1 rings (SSSR count). The zero-order valence-corrected chi connectivity index (χ0v) is 7.14. The van der Waals surface area contributed by atoms with Gasteiger partial charge in [-0.1, -0.05) is 17.7 Å². The summed E-state index contributed by atoms with van der Waals surface area (Å²) in [7, 11) is -1.79. The van der Waals surface area contributed by atoms with Gasteiger partial charge in [-0.25, -0.2) is 4.39 Å². The molecule has 0 saturated carbocycles. The lowest BCUT2D eigenvalue weighted by Crippen LogP contribution is -2.32. The van der Waals surface area contributed by atoms with E-state index in [0.717, 1.165) is 6.07 Å². The molecule has 0 fully saturated rings. The van der Waals surface area contributed by atoms with Crippen molar-refractivity contribution in [1.82, 2.24) is 0 Å². The quantitative estimate of drug-likeness (QED) is 0.629. The standard InChI is InChI=1S/C7H7BClFO2/c1-4-2-5(8(11)12)7(10)3-6(4)9/h2-3,11-12H,1H3. The van der Waals surface area contributed by atoms with E-state index < -0.39 is 12.9 Å². The highest BCUT2D eigenvalue weighted by Crippen LogP contribution is 2.14. The van der Waals surface area contributed by atoms with Crippen LogP contribution in [0.3, 0.4) is 0 Å². The van der Waals surface area contributed by atoms with E-state index in [2.05, 4.69) is 0 Å².